The van der Waals surface area contributed by atoms with Crippen molar-refractivity contribution in [2.24, 2.45) is 0 Å². The van der Waals surface area contributed by atoms with Gasteiger partial charge >= 0.3 is 0 Å². The Balaban J connectivity index is 1.34. The topological polar surface area (TPSA) is 91.5 Å². The van der Waals surface area contributed by atoms with Gasteiger partial charge in [0, 0.05) is 15.3 Å². The number of benzene rings is 1. The van der Waals surface area contributed by atoms with E-state index in [9.17, 15) is 0 Å². The maximum atomic E-state index is 6.21. The fourth-order valence-electron chi connectivity index (χ4n) is 3.93. The molecule has 0 aliphatic carbocycles. The van der Waals surface area contributed by atoms with E-state index >= 15 is 0 Å². The zero-order valence-corrected chi connectivity index (χ0v) is 18.9. The normalized spacial score (nSPS) is 16.6. The van der Waals surface area contributed by atoms with Crippen LogP contribution in [0.3, 0.4) is 0 Å². The van der Waals surface area contributed by atoms with Crippen LogP contribution in [0, 0.1) is 3.15 Å². The van der Waals surface area contributed by atoms with Crippen molar-refractivity contribution in [2.45, 2.75) is 18.9 Å². The lowest BCUT2D eigenvalue weighted by Gasteiger charge is -2.23. The number of pyridine rings is 1. The van der Waals surface area contributed by atoms with Crippen molar-refractivity contribution in [1.29, 1.82) is 0 Å². The third-order valence-electron chi connectivity index (χ3n) is 5.52. The summed E-state index contributed by atoms with van der Waals surface area (Å²) in [7, 11) is 0. The molecule has 3 aromatic heterocycles. The smallest absolute Gasteiger partial charge is 0.160 e. The van der Waals surface area contributed by atoms with E-state index in [1.165, 1.54) is 6.73 Å². The van der Waals surface area contributed by atoms with E-state index < -0.39 is 20.7 Å². The molecule has 8 heteroatoms. The number of ether oxygens (including phenoxy) is 1. The van der Waals surface area contributed by atoms with E-state index in [2.05, 4.69) is 43.7 Å². The summed E-state index contributed by atoms with van der Waals surface area (Å²) in [5.41, 5.74) is 4.01. The van der Waals surface area contributed by atoms with Crippen molar-refractivity contribution in [3.05, 3.63) is 62.9 Å². The molecule has 2 aliphatic rings. The van der Waals surface area contributed by atoms with Gasteiger partial charge in [0.25, 0.3) is 0 Å². The van der Waals surface area contributed by atoms with Gasteiger partial charge in [0.1, 0.15) is 17.5 Å². The number of imidazole rings is 1. The molecule has 1 aromatic carbocycles. The van der Waals surface area contributed by atoms with Crippen LogP contribution in [0.4, 0.5) is 0 Å². The predicted octanol–water partition coefficient (Wildman–Crippen LogP) is 3.54. The third kappa shape index (κ3) is 3.70. The Bertz CT molecular complexity index is 1380. The van der Waals surface area contributed by atoms with Gasteiger partial charge < -0.3 is 15.0 Å². The molecule has 156 valence electrons. The van der Waals surface area contributed by atoms with E-state index in [1.807, 2.05) is 36.7 Å². The number of nitrogens with one attached hydrogen (secondary N) is 3. The number of fused-ring (bicyclic) bond motifs is 2. The Kier molecular flexibility index (Phi) is 4.88. The Morgan fingerprint density at radius 2 is 1.97 bits per heavy atom. The summed E-state index contributed by atoms with van der Waals surface area (Å²) >= 11 is -0.452. The number of piperidine rings is 1. The number of allylic oxidation sites excluding steroid dienone is 1. The molecule has 0 amide bonds. The molecule has 7 nitrogen and oxygen atoms in total. The zero-order valence-electron chi connectivity index (χ0n) is 16.7. The van der Waals surface area contributed by atoms with Crippen molar-refractivity contribution in [3.63, 3.8) is 0 Å². The van der Waals surface area contributed by atoms with Gasteiger partial charge in [-0.1, -0.05) is 32.9 Å². The third-order valence-corrected chi connectivity index (χ3v) is 8.71. The standard InChI is InChI=1S/C23H21IN6O/c1-2-4-19-18(3-1)27-23(28-19)22-21-20(29-30-22)6-5-17(24-21)14-11-16(13-26-12-14)31-15-7-9-25-10-8-15/h1-6,11-13,15,25H,7-10H2,(H,27,28)(H,29,30). The summed E-state index contributed by atoms with van der Waals surface area (Å²) in [4.78, 5) is 12.6. The van der Waals surface area contributed by atoms with Crippen molar-refractivity contribution >= 4 is 41.4 Å². The number of nitrogens with zero attached hydrogens (tertiary/aromatic N) is 3. The highest BCUT2D eigenvalue weighted by Gasteiger charge is 2.16. The first-order chi connectivity index (χ1) is 15.3. The Morgan fingerprint density at radius 1 is 1.06 bits per heavy atom. The lowest BCUT2D eigenvalue weighted by molar-refractivity contribution is 0.162. The second kappa shape index (κ2) is 8.01. The molecule has 0 unspecified atom stereocenters. The first kappa shape index (κ1) is 18.9. The van der Waals surface area contributed by atoms with Gasteiger partial charge in [-0.3, -0.25) is 10.1 Å². The number of aromatic nitrogens is 5. The van der Waals surface area contributed by atoms with Crippen LogP contribution in [0.1, 0.15) is 18.4 Å². The average Bonchev–Trinajstić information content (AvgIpc) is 3.43. The Hall–Kier alpha value is -2.85. The van der Waals surface area contributed by atoms with Crippen molar-refractivity contribution in [2.75, 3.05) is 13.1 Å². The molecule has 3 N–H and O–H groups in total. The molecule has 0 spiro atoms. The summed E-state index contributed by atoms with van der Waals surface area (Å²) in [6, 6.07) is 10.2. The van der Waals surface area contributed by atoms with E-state index in [-0.39, 0.29) is 6.10 Å². The lowest BCUT2D eigenvalue weighted by atomic mass is 10.1. The van der Waals surface area contributed by atoms with Gasteiger partial charge in [-0.15, -0.1) is 0 Å². The van der Waals surface area contributed by atoms with Crippen LogP contribution < -0.4 is 15.4 Å². The molecule has 1 saturated heterocycles. The molecule has 4 aromatic rings. The maximum absolute atomic E-state index is 6.21. The van der Waals surface area contributed by atoms with E-state index in [0.29, 0.717) is 0 Å². The van der Waals surface area contributed by atoms with Gasteiger partial charge in [0.2, 0.25) is 0 Å². The van der Waals surface area contributed by atoms with Crippen LogP contribution in [-0.2, 0) is 0 Å². The summed E-state index contributed by atoms with van der Waals surface area (Å²) in [6.45, 7) is 2.02. The number of hydrogen-bond acceptors (Lipinski definition) is 5. The average molecular weight is 524 g/mol. The van der Waals surface area contributed by atoms with Crippen molar-refractivity contribution in [3.8, 4) is 17.3 Å². The molecule has 2 aliphatic heterocycles. The Morgan fingerprint density at radius 3 is 2.87 bits per heavy atom. The maximum Gasteiger partial charge on any atom is 0.160 e. The first-order valence-electron chi connectivity index (χ1n) is 10.4. The minimum absolute atomic E-state index is 0.264. The van der Waals surface area contributed by atoms with Crippen molar-refractivity contribution < 1.29 is 4.74 Å². The number of para-hydroxylation sites is 2. The largest absolute Gasteiger partial charge is 0.489 e. The fraction of sp³-hybridized carbons (Fsp3) is 0.217. The molecular weight excluding hydrogens is 503 g/mol. The van der Waals surface area contributed by atoms with Crippen LogP contribution in [0.5, 0.6) is 5.75 Å². The van der Waals surface area contributed by atoms with Crippen LogP contribution in [-0.4, -0.2) is 44.3 Å². The zero-order chi connectivity index (χ0) is 20.6. The van der Waals surface area contributed by atoms with E-state index in [4.69, 9.17) is 9.72 Å². The Labute approximate surface area is 188 Å². The van der Waals surface area contributed by atoms with Crippen LogP contribution in [0.25, 0.3) is 32.2 Å². The van der Waals surface area contributed by atoms with Crippen LogP contribution >= 0.6 is 20.7 Å². The summed E-state index contributed by atoms with van der Waals surface area (Å²) in [5.74, 6) is 1.67. The van der Waals surface area contributed by atoms with Gasteiger partial charge in [0.05, 0.1) is 25.7 Å². The van der Waals surface area contributed by atoms with Crippen LogP contribution in [0.15, 0.2) is 48.8 Å². The minimum atomic E-state index is -0.452. The molecule has 6 rings (SSSR count). The van der Waals surface area contributed by atoms with Gasteiger partial charge in [-0.25, -0.2) is 4.98 Å². The number of H-pyrrole nitrogens is 2. The van der Waals surface area contributed by atoms with Gasteiger partial charge in [-0.2, -0.15) is 5.10 Å². The van der Waals surface area contributed by atoms with E-state index in [0.717, 1.165) is 65.1 Å². The molecule has 31 heavy (non-hydrogen) atoms. The minimum Gasteiger partial charge on any atom is -0.489 e. The second-order valence-corrected chi connectivity index (χ2v) is 10.4. The lowest BCUT2D eigenvalue weighted by Crippen LogP contribution is -2.34. The number of halogens is 1. The molecule has 0 atom stereocenters. The SMILES string of the molecule is C1=C(c2cncc(OC3CCNCC3)c2)I=c2c(-c3nc4ccccc4[nH]3)n[nH]c2=C1. The summed E-state index contributed by atoms with van der Waals surface area (Å²) in [6.07, 6.45) is 10.4. The quantitative estimate of drug-likeness (QED) is 0.356. The molecule has 0 radical (unpaired) electrons. The first-order valence-corrected chi connectivity index (χ1v) is 12.6. The van der Waals surface area contributed by atoms with Gasteiger partial charge in [0.15, 0.2) is 5.82 Å². The highest BCUT2D eigenvalue weighted by molar-refractivity contribution is 14.2. The summed E-state index contributed by atoms with van der Waals surface area (Å²) in [5, 5.41) is 12.2. The van der Waals surface area contributed by atoms with E-state index in [1.54, 1.807) is 0 Å². The molecule has 5 heterocycles. The number of hydrogen-bond donors (Lipinski definition) is 3. The second-order valence-electron chi connectivity index (χ2n) is 7.65. The molecular formula is C23H21IN6O. The van der Waals surface area contributed by atoms with Gasteiger partial charge in [-0.05, 0) is 56.3 Å². The highest BCUT2D eigenvalue weighted by Crippen LogP contribution is 2.34. The molecule has 0 bridgehead atoms. The predicted molar refractivity (Wildman–Crippen MR) is 129 cm³/mol. The summed E-state index contributed by atoms with van der Waals surface area (Å²) < 4.78 is 8.76. The van der Waals surface area contributed by atoms with Crippen molar-refractivity contribution in [1.82, 2.24) is 30.5 Å². The number of rotatable bonds is 4. The monoisotopic (exact) mass is 524 g/mol. The number of aromatic amines is 2. The van der Waals surface area contributed by atoms with Crippen LogP contribution in [0.2, 0.25) is 0 Å². The molecule has 0 saturated carbocycles. The fourth-order valence-corrected chi connectivity index (χ4v) is 6.70. The highest BCUT2D eigenvalue weighted by atomic mass is 127. The molecule has 1 fully saturated rings.